The van der Waals surface area contributed by atoms with Gasteiger partial charge in [0.1, 0.15) is 0 Å². The van der Waals surface area contributed by atoms with Gasteiger partial charge in [0, 0.05) is 12.1 Å². The minimum atomic E-state index is -0.616. The molecule has 0 aliphatic heterocycles. The fraction of sp³-hybridized carbons (Fsp3) is 0.375. The molecule has 1 rings (SSSR count). The van der Waals surface area contributed by atoms with Gasteiger partial charge in [0.2, 0.25) is 0 Å². The molecule has 6 heteroatoms. The number of rotatable bonds is 7. The molecule has 0 bridgehead atoms. The van der Waals surface area contributed by atoms with Crippen LogP contribution in [0.2, 0.25) is 10.0 Å². The highest BCUT2D eigenvalue weighted by Crippen LogP contribution is 2.26. The summed E-state index contributed by atoms with van der Waals surface area (Å²) in [6.45, 7) is 3.64. The second kappa shape index (κ2) is 9.49. The first-order chi connectivity index (χ1) is 10.4. The molecule has 1 unspecified atom stereocenters. The van der Waals surface area contributed by atoms with Crippen molar-refractivity contribution in [3.8, 4) is 0 Å². The average Bonchev–Trinajstić information content (AvgIpc) is 2.47. The molecule has 1 amide bonds. The molecule has 0 aliphatic rings. The first-order valence-electron chi connectivity index (χ1n) is 7.02. The van der Waals surface area contributed by atoms with Crippen LogP contribution in [0.25, 0.3) is 6.08 Å². The fourth-order valence-corrected chi connectivity index (χ4v) is 2.18. The molecule has 1 aromatic rings. The molecular formula is C16H19Cl2NO3. The maximum Gasteiger partial charge on any atom is 0.331 e. The third-order valence-corrected chi connectivity index (χ3v) is 3.69. The third kappa shape index (κ3) is 6.50. The van der Waals surface area contributed by atoms with E-state index in [1.807, 2.05) is 13.8 Å². The van der Waals surface area contributed by atoms with Crippen LogP contribution in [0, 0.1) is 0 Å². The van der Waals surface area contributed by atoms with Crippen molar-refractivity contribution in [2.24, 2.45) is 0 Å². The summed E-state index contributed by atoms with van der Waals surface area (Å²) in [6, 6.07) is 5.16. The van der Waals surface area contributed by atoms with Crippen LogP contribution in [0.4, 0.5) is 0 Å². The predicted molar refractivity (Wildman–Crippen MR) is 89.0 cm³/mol. The van der Waals surface area contributed by atoms with Gasteiger partial charge in [-0.05, 0) is 31.1 Å². The number of ether oxygens (including phenoxy) is 1. The van der Waals surface area contributed by atoms with Gasteiger partial charge in [0.05, 0.1) is 10.0 Å². The van der Waals surface area contributed by atoms with Crippen LogP contribution in [-0.4, -0.2) is 24.5 Å². The zero-order chi connectivity index (χ0) is 16.5. The molecule has 1 N–H and O–H groups in total. The van der Waals surface area contributed by atoms with Crippen molar-refractivity contribution >= 4 is 41.2 Å². The van der Waals surface area contributed by atoms with Crippen molar-refractivity contribution < 1.29 is 14.3 Å². The molecular weight excluding hydrogens is 325 g/mol. The van der Waals surface area contributed by atoms with Gasteiger partial charge in [-0.25, -0.2) is 4.79 Å². The monoisotopic (exact) mass is 343 g/mol. The molecule has 0 aromatic heterocycles. The summed E-state index contributed by atoms with van der Waals surface area (Å²) in [5.74, 6) is -0.933. The van der Waals surface area contributed by atoms with Crippen LogP contribution in [0.5, 0.6) is 0 Å². The first-order valence-corrected chi connectivity index (χ1v) is 7.77. The molecule has 0 radical (unpaired) electrons. The lowest BCUT2D eigenvalue weighted by Crippen LogP contribution is -2.35. The van der Waals surface area contributed by atoms with Crippen LogP contribution < -0.4 is 5.32 Å². The van der Waals surface area contributed by atoms with E-state index in [9.17, 15) is 9.59 Å². The minimum Gasteiger partial charge on any atom is -0.452 e. The summed E-state index contributed by atoms with van der Waals surface area (Å²) in [7, 11) is 0. The highest BCUT2D eigenvalue weighted by Gasteiger charge is 2.08. The van der Waals surface area contributed by atoms with E-state index < -0.39 is 5.97 Å². The predicted octanol–water partition coefficient (Wildman–Crippen LogP) is 3.85. The quantitative estimate of drug-likeness (QED) is 0.604. The summed E-state index contributed by atoms with van der Waals surface area (Å²) in [5, 5.41) is 3.51. The van der Waals surface area contributed by atoms with E-state index in [1.54, 1.807) is 18.2 Å². The molecule has 0 spiro atoms. The van der Waals surface area contributed by atoms with E-state index >= 15 is 0 Å². The van der Waals surface area contributed by atoms with Crippen LogP contribution in [0.1, 0.15) is 32.3 Å². The molecule has 22 heavy (non-hydrogen) atoms. The number of nitrogens with one attached hydrogen (secondary N) is 1. The molecule has 1 aromatic carbocycles. The summed E-state index contributed by atoms with van der Waals surface area (Å²) in [4.78, 5) is 23.1. The van der Waals surface area contributed by atoms with Gasteiger partial charge in [0.25, 0.3) is 5.91 Å². The van der Waals surface area contributed by atoms with E-state index in [0.717, 1.165) is 12.8 Å². The maximum absolute atomic E-state index is 11.6. The molecule has 0 heterocycles. The van der Waals surface area contributed by atoms with Crippen molar-refractivity contribution in [3.05, 3.63) is 39.9 Å². The first kappa shape index (κ1) is 18.5. The highest BCUT2D eigenvalue weighted by molar-refractivity contribution is 6.42. The maximum atomic E-state index is 11.6. The minimum absolute atomic E-state index is 0.0667. The number of hydrogen-bond donors (Lipinski definition) is 1. The molecule has 1 atom stereocenters. The molecule has 0 saturated carbocycles. The Bertz CT molecular complexity index is 558. The number of esters is 1. The number of amides is 1. The number of carbonyl (C=O) groups excluding carboxylic acids is 2. The zero-order valence-electron chi connectivity index (χ0n) is 12.6. The normalized spacial score (nSPS) is 12.2. The van der Waals surface area contributed by atoms with E-state index in [1.165, 1.54) is 12.2 Å². The fourth-order valence-electron chi connectivity index (χ4n) is 1.81. The second-order valence-electron chi connectivity index (χ2n) is 4.84. The zero-order valence-corrected chi connectivity index (χ0v) is 14.1. The van der Waals surface area contributed by atoms with Crippen molar-refractivity contribution in [2.45, 2.75) is 32.7 Å². The summed E-state index contributed by atoms with van der Waals surface area (Å²) in [6.07, 6.45) is 4.56. The SMILES string of the molecule is CCCC(C)NC(=O)COC(=O)/C=C/c1cccc(Cl)c1Cl. The highest BCUT2D eigenvalue weighted by atomic mass is 35.5. The number of benzene rings is 1. The van der Waals surface area contributed by atoms with Gasteiger partial charge in [-0.2, -0.15) is 0 Å². The van der Waals surface area contributed by atoms with Gasteiger partial charge in [0.15, 0.2) is 6.61 Å². The lowest BCUT2D eigenvalue weighted by molar-refractivity contribution is -0.144. The molecule has 4 nitrogen and oxygen atoms in total. The van der Waals surface area contributed by atoms with E-state index in [4.69, 9.17) is 27.9 Å². The Labute approximate surface area is 140 Å². The van der Waals surface area contributed by atoms with Crippen molar-refractivity contribution in [3.63, 3.8) is 0 Å². The van der Waals surface area contributed by atoms with Gasteiger partial charge >= 0.3 is 5.97 Å². The topological polar surface area (TPSA) is 55.4 Å². The second-order valence-corrected chi connectivity index (χ2v) is 5.63. The molecule has 0 fully saturated rings. The number of hydrogen-bond acceptors (Lipinski definition) is 3. The van der Waals surface area contributed by atoms with Crippen LogP contribution in [0.15, 0.2) is 24.3 Å². The molecule has 120 valence electrons. The standard InChI is InChI=1S/C16H19Cl2NO3/c1-3-5-11(2)19-14(20)10-22-15(21)9-8-12-6-4-7-13(17)16(12)18/h4,6-9,11H,3,5,10H2,1-2H3,(H,19,20)/b9-8+. The van der Waals surface area contributed by atoms with Gasteiger partial charge in [-0.1, -0.05) is 48.7 Å². The summed E-state index contributed by atoms with van der Waals surface area (Å²) >= 11 is 11.9. The smallest absolute Gasteiger partial charge is 0.331 e. The van der Waals surface area contributed by atoms with Crippen molar-refractivity contribution in [1.82, 2.24) is 5.32 Å². The Morgan fingerprint density at radius 1 is 1.36 bits per heavy atom. The Hall–Kier alpha value is -1.52. The summed E-state index contributed by atoms with van der Waals surface area (Å²) in [5.41, 5.74) is 0.604. The average molecular weight is 344 g/mol. The van der Waals surface area contributed by atoms with E-state index in [2.05, 4.69) is 5.32 Å². The Balaban J connectivity index is 2.45. The lowest BCUT2D eigenvalue weighted by atomic mass is 10.2. The van der Waals surface area contributed by atoms with Gasteiger partial charge in [-0.3, -0.25) is 4.79 Å². The number of carbonyl (C=O) groups is 2. The van der Waals surface area contributed by atoms with E-state index in [0.29, 0.717) is 15.6 Å². The lowest BCUT2D eigenvalue weighted by Gasteiger charge is -2.12. The third-order valence-electron chi connectivity index (χ3n) is 2.86. The van der Waals surface area contributed by atoms with Gasteiger partial charge in [-0.15, -0.1) is 0 Å². The largest absolute Gasteiger partial charge is 0.452 e. The molecule has 0 aliphatic carbocycles. The molecule has 0 saturated heterocycles. The Morgan fingerprint density at radius 3 is 2.77 bits per heavy atom. The van der Waals surface area contributed by atoms with Crippen molar-refractivity contribution in [1.29, 1.82) is 0 Å². The summed E-state index contributed by atoms with van der Waals surface area (Å²) < 4.78 is 4.86. The van der Waals surface area contributed by atoms with Gasteiger partial charge < -0.3 is 10.1 Å². The van der Waals surface area contributed by atoms with E-state index in [-0.39, 0.29) is 18.6 Å². The van der Waals surface area contributed by atoms with Crippen LogP contribution in [-0.2, 0) is 14.3 Å². The van der Waals surface area contributed by atoms with Crippen molar-refractivity contribution in [2.75, 3.05) is 6.61 Å². The van der Waals surface area contributed by atoms with Crippen LogP contribution >= 0.6 is 23.2 Å². The van der Waals surface area contributed by atoms with Crippen LogP contribution in [0.3, 0.4) is 0 Å². The Kier molecular flexibility index (Phi) is 7.99. The Morgan fingerprint density at radius 2 is 2.09 bits per heavy atom. The number of halogens is 2.